The number of hydrogen-bond donors (Lipinski definition) is 2. The van der Waals surface area contributed by atoms with Crippen LogP contribution in [-0.2, 0) is 14.8 Å². The van der Waals surface area contributed by atoms with Gasteiger partial charge in [-0.1, -0.05) is 0 Å². The van der Waals surface area contributed by atoms with Gasteiger partial charge >= 0.3 is 5.97 Å². The molecular weight excluding hydrogens is 408 g/mol. The Labute approximate surface area is 166 Å². The van der Waals surface area contributed by atoms with Crippen LogP contribution in [0.2, 0.25) is 0 Å². The number of ether oxygens (including phenoxy) is 3. The number of methoxy groups -OCH3 is 2. The summed E-state index contributed by atoms with van der Waals surface area (Å²) in [7, 11) is -1.45. The van der Waals surface area contributed by atoms with Gasteiger partial charge in [0.05, 0.1) is 34.8 Å². The molecule has 0 saturated heterocycles. The van der Waals surface area contributed by atoms with E-state index in [1.807, 2.05) is 0 Å². The minimum Gasteiger partial charge on any atom is -0.493 e. The van der Waals surface area contributed by atoms with Gasteiger partial charge in [-0.2, -0.15) is 0 Å². The van der Waals surface area contributed by atoms with Crippen LogP contribution in [-0.4, -0.2) is 51.9 Å². The summed E-state index contributed by atoms with van der Waals surface area (Å²) < 4.78 is 42.8. The fourth-order valence-electron chi connectivity index (χ4n) is 2.28. The van der Waals surface area contributed by atoms with E-state index >= 15 is 0 Å². The van der Waals surface area contributed by atoms with E-state index in [0.29, 0.717) is 0 Å². The van der Waals surface area contributed by atoms with Gasteiger partial charge in [0.1, 0.15) is 6.61 Å². The molecule has 0 aliphatic rings. The van der Waals surface area contributed by atoms with Crippen LogP contribution in [0.25, 0.3) is 0 Å². The molecule has 29 heavy (non-hydrogen) atoms. The Bertz CT molecular complexity index is 1000. The van der Waals surface area contributed by atoms with E-state index in [2.05, 4.69) is 4.72 Å². The number of non-ortho nitro benzene ring substituents is 1. The highest BCUT2D eigenvalue weighted by atomic mass is 32.2. The number of rotatable bonds is 10. The summed E-state index contributed by atoms with van der Waals surface area (Å²) in [6, 6.07) is 6.44. The number of sulfonamides is 1. The van der Waals surface area contributed by atoms with Crippen molar-refractivity contribution in [3.8, 4) is 11.5 Å². The minimum absolute atomic E-state index is 0.0942. The molecule has 0 aliphatic heterocycles. The molecule has 0 bridgehead atoms. The Kier molecular flexibility index (Phi) is 6.96. The molecule has 2 N–H and O–H groups in total. The molecule has 2 rings (SSSR count). The second-order valence-corrected chi connectivity index (χ2v) is 7.23. The molecular formula is C17H18N2O9S. The Morgan fingerprint density at radius 2 is 1.79 bits per heavy atom. The van der Waals surface area contributed by atoms with Gasteiger partial charge in [0, 0.05) is 31.4 Å². The first-order valence-corrected chi connectivity index (χ1v) is 9.52. The van der Waals surface area contributed by atoms with Gasteiger partial charge in [-0.3, -0.25) is 14.8 Å². The second kappa shape index (κ2) is 9.21. The topological polar surface area (TPSA) is 154 Å². The number of anilines is 1. The number of benzene rings is 2. The van der Waals surface area contributed by atoms with E-state index in [-0.39, 0.29) is 46.5 Å². The Hall–Kier alpha value is -3.38. The van der Waals surface area contributed by atoms with Crippen LogP contribution in [0.5, 0.6) is 11.5 Å². The van der Waals surface area contributed by atoms with Crippen LogP contribution in [0, 0.1) is 10.1 Å². The fourth-order valence-corrected chi connectivity index (χ4v) is 3.35. The summed E-state index contributed by atoms with van der Waals surface area (Å²) in [4.78, 5) is 21.3. The maximum atomic E-state index is 12.6. The summed E-state index contributed by atoms with van der Waals surface area (Å²) >= 11 is 0. The molecule has 0 unspecified atom stereocenters. The van der Waals surface area contributed by atoms with Gasteiger partial charge in [0.15, 0.2) is 11.5 Å². The number of nitro groups is 1. The third-order valence-corrected chi connectivity index (χ3v) is 5.06. The van der Waals surface area contributed by atoms with Crippen LogP contribution in [0.3, 0.4) is 0 Å². The van der Waals surface area contributed by atoms with E-state index in [1.54, 1.807) is 0 Å². The number of hydrogen-bond acceptors (Lipinski definition) is 8. The van der Waals surface area contributed by atoms with E-state index in [0.717, 1.165) is 30.3 Å². The standard InChI is InChI=1S/C17H18N2O9S/c1-26-7-8-28-16-10-14(13(17(20)21)9-15(16)27-2)18-29(24,25)12-5-3-11(4-6-12)19(22)23/h3-6,9-10,18H,7-8H2,1-2H3,(H,20,21). The number of nitrogens with zero attached hydrogens (tertiary/aromatic N) is 1. The van der Waals surface area contributed by atoms with Gasteiger partial charge in [-0.05, 0) is 12.1 Å². The average molecular weight is 426 g/mol. The van der Waals surface area contributed by atoms with Gasteiger partial charge in [-0.25, -0.2) is 13.2 Å². The molecule has 0 aromatic heterocycles. The number of carbonyl (C=O) groups is 1. The maximum absolute atomic E-state index is 12.6. The molecule has 0 saturated carbocycles. The average Bonchev–Trinajstić information content (AvgIpc) is 2.68. The van der Waals surface area contributed by atoms with Crippen LogP contribution in [0.4, 0.5) is 11.4 Å². The zero-order valence-electron chi connectivity index (χ0n) is 15.4. The van der Waals surface area contributed by atoms with Gasteiger partial charge in [0.25, 0.3) is 15.7 Å². The van der Waals surface area contributed by atoms with E-state index < -0.39 is 20.9 Å². The van der Waals surface area contributed by atoms with Crippen molar-refractivity contribution in [2.24, 2.45) is 0 Å². The smallest absolute Gasteiger partial charge is 0.337 e. The van der Waals surface area contributed by atoms with Crippen molar-refractivity contribution >= 4 is 27.4 Å². The normalized spacial score (nSPS) is 11.0. The number of carboxylic acids is 1. The van der Waals surface area contributed by atoms with Crippen molar-refractivity contribution in [1.82, 2.24) is 0 Å². The van der Waals surface area contributed by atoms with Crippen LogP contribution < -0.4 is 14.2 Å². The van der Waals surface area contributed by atoms with Crippen molar-refractivity contribution in [2.75, 3.05) is 32.2 Å². The third-order valence-electron chi connectivity index (χ3n) is 3.68. The molecule has 0 heterocycles. The molecule has 0 atom stereocenters. The number of aromatic carboxylic acids is 1. The third kappa shape index (κ3) is 5.33. The molecule has 0 spiro atoms. The predicted octanol–water partition coefficient (Wildman–Crippen LogP) is 2.13. The zero-order chi connectivity index (χ0) is 21.6. The van der Waals surface area contributed by atoms with Gasteiger partial charge in [-0.15, -0.1) is 0 Å². The monoisotopic (exact) mass is 426 g/mol. The summed E-state index contributed by atoms with van der Waals surface area (Å²) in [6.07, 6.45) is 0. The molecule has 2 aromatic rings. The summed E-state index contributed by atoms with van der Waals surface area (Å²) in [6.45, 7) is 0.363. The summed E-state index contributed by atoms with van der Waals surface area (Å²) in [5.41, 5.74) is -0.913. The van der Waals surface area contributed by atoms with Crippen molar-refractivity contribution in [1.29, 1.82) is 0 Å². The van der Waals surface area contributed by atoms with Crippen molar-refractivity contribution in [3.63, 3.8) is 0 Å². The Morgan fingerprint density at radius 1 is 1.14 bits per heavy atom. The van der Waals surface area contributed by atoms with Crippen molar-refractivity contribution in [2.45, 2.75) is 4.90 Å². The summed E-state index contributed by atoms with van der Waals surface area (Å²) in [5.74, 6) is -1.19. The molecule has 11 nitrogen and oxygen atoms in total. The number of nitro benzene ring substituents is 1. The zero-order valence-corrected chi connectivity index (χ0v) is 16.3. The Morgan fingerprint density at radius 3 is 2.31 bits per heavy atom. The minimum atomic E-state index is -4.23. The molecule has 0 radical (unpaired) electrons. The van der Waals surface area contributed by atoms with Crippen LogP contribution in [0.1, 0.15) is 10.4 Å². The van der Waals surface area contributed by atoms with Crippen LogP contribution in [0.15, 0.2) is 41.3 Å². The number of nitrogens with one attached hydrogen (secondary N) is 1. The lowest BCUT2D eigenvalue weighted by atomic mass is 10.1. The predicted molar refractivity (Wildman–Crippen MR) is 101 cm³/mol. The van der Waals surface area contributed by atoms with E-state index in [9.17, 15) is 28.4 Å². The highest BCUT2D eigenvalue weighted by Gasteiger charge is 2.22. The van der Waals surface area contributed by atoms with E-state index in [4.69, 9.17) is 14.2 Å². The molecule has 156 valence electrons. The quantitative estimate of drug-likeness (QED) is 0.330. The molecule has 0 aliphatic carbocycles. The lowest BCUT2D eigenvalue weighted by molar-refractivity contribution is -0.384. The van der Waals surface area contributed by atoms with E-state index in [1.165, 1.54) is 20.3 Å². The first kappa shape index (κ1) is 21.9. The highest BCUT2D eigenvalue weighted by molar-refractivity contribution is 7.92. The molecule has 12 heteroatoms. The molecule has 0 amide bonds. The second-order valence-electron chi connectivity index (χ2n) is 5.55. The molecule has 2 aromatic carbocycles. The lowest BCUT2D eigenvalue weighted by Crippen LogP contribution is -2.16. The maximum Gasteiger partial charge on any atom is 0.337 e. The lowest BCUT2D eigenvalue weighted by Gasteiger charge is -2.16. The highest BCUT2D eigenvalue weighted by Crippen LogP contribution is 2.35. The SMILES string of the molecule is COCCOc1cc(NS(=O)(=O)c2ccc([N+](=O)[O-])cc2)c(C(=O)O)cc1OC. The first-order chi connectivity index (χ1) is 13.7. The fraction of sp³-hybridized carbons (Fsp3) is 0.235. The summed E-state index contributed by atoms with van der Waals surface area (Å²) in [5, 5.41) is 20.1. The first-order valence-electron chi connectivity index (χ1n) is 8.04. The Balaban J connectivity index is 2.43. The van der Waals surface area contributed by atoms with Crippen LogP contribution >= 0.6 is 0 Å². The van der Waals surface area contributed by atoms with Crippen molar-refractivity contribution in [3.05, 3.63) is 52.1 Å². The van der Waals surface area contributed by atoms with Crippen molar-refractivity contribution < 1.29 is 37.5 Å². The van der Waals surface area contributed by atoms with Gasteiger partial charge in [0.2, 0.25) is 0 Å². The van der Waals surface area contributed by atoms with Gasteiger partial charge < -0.3 is 19.3 Å². The molecule has 0 fully saturated rings. The number of carboxylic acid groups (broad SMARTS) is 1. The largest absolute Gasteiger partial charge is 0.493 e.